The number of likely N-dealkylation sites (N-methyl/N-ethyl adjacent to an activating group) is 1. The van der Waals surface area contributed by atoms with Crippen LogP contribution >= 0.6 is 12.6 Å². The molecule has 0 aromatic carbocycles. The van der Waals surface area contributed by atoms with Crippen molar-refractivity contribution in [2.75, 3.05) is 19.3 Å². The predicted molar refractivity (Wildman–Crippen MR) is 59.4 cm³/mol. The van der Waals surface area contributed by atoms with E-state index in [1.54, 1.807) is 24.3 Å². The van der Waals surface area contributed by atoms with Gasteiger partial charge in [0.1, 0.15) is 0 Å². The largest absolute Gasteiger partial charge is 0.345 e. The van der Waals surface area contributed by atoms with Crippen molar-refractivity contribution >= 4 is 18.5 Å². The standard InChI is InChI=1S/C10H14N2OS/c1-12(10(13)8-14)7-4-9-2-5-11-6-3-9/h2-3,5-6,14H,4,7-8H2,1H3. The fourth-order valence-corrected chi connectivity index (χ4v) is 1.33. The summed E-state index contributed by atoms with van der Waals surface area (Å²) in [5, 5.41) is 0. The summed E-state index contributed by atoms with van der Waals surface area (Å²) in [4.78, 5) is 16.8. The lowest BCUT2D eigenvalue weighted by Gasteiger charge is -2.15. The lowest BCUT2D eigenvalue weighted by molar-refractivity contribution is -0.127. The quantitative estimate of drug-likeness (QED) is 0.752. The Kier molecular flexibility index (Phi) is 4.46. The monoisotopic (exact) mass is 210 g/mol. The van der Waals surface area contributed by atoms with Crippen LogP contribution in [-0.4, -0.2) is 35.1 Å². The van der Waals surface area contributed by atoms with Crippen molar-refractivity contribution in [2.24, 2.45) is 0 Å². The molecule has 0 N–H and O–H groups in total. The molecule has 0 bridgehead atoms. The van der Waals surface area contributed by atoms with Crippen molar-refractivity contribution in [3.8, 4) is 0 Å². The second kappa shape index (κ2) is 5.65. The zero-order chi connectivity index (χ0) is 10.4. The van der Waals surface area contributed by atoms with Gasteiger partial charge in [0.15, 0.2) is 0 Å². The van der Waals surface area contributed by atoms with Gasteiger partial charge in [-0.1, -0.05) is 0 Å². The minimum Gasteiger partial charge on any atom is -0.345 e. The van der Waals surface area contributed by atoms with E-state index in [2.05, 4.69) is 17.6 Å². The van der Waals surface area contributed by atoms with Gasteiger partial charge in [-0.2, -0.15) is 12.6 Å². The first-order valence-electron chi connectivity index (χ1n) is 4.47. The van der Waals surface area contributed by atoms with Crippen molar-refractivity contribution in [1.29, 1.82) is 0 Å². The van der Waals surface area contributed by atoms with Crippen LogP contribution in [0.15, 0.2) is 24.5 Å². The second-order valence-electron chi connectivity index (χ2n) is 3.08. The van der Waals surface area contributed by atoms with Crippen molar-refractivity contribution in [2.45, 2.75) is 6.42 Å². The topological polar surface area (TPSA) is 33.2 Å². The van der Waals surface area contributed by atoms with Gasteiger partial charge in [0, 0.05) is 26.0 Å². The third kappa shape index (κ3) is 3.38. The van der Waals surface area contributed by atoms with Crippen LogP contribution in [0.3, 0.4) is 0 Å². The first kappa shape index (κ1) is 11.0. The Morgan fingerprint density at radius 1 is 1.50 bits per heavy atom. The van der Waals surface area contributed by atoms with Crippen molar-refractivity contribution < 1.29 is 4.79 Å². The van der Waals surface area contributed by atoms with Gasteiger partial charge < -0.3 is 4.90 Å². The fourth-order valence-electron chi connectivity index (χ4n) is 1.09. The highest BCUT2D eigenvalue weighted by atomic mass is 32.1. The summed E-state index contributed by atoms with van der Waals surface area (Å²) in [6.45, 7) is 0.726. The highest BCUT2D eigenvalue weighted by Crippen LogP contribution is 1.99. The molecule has 0 saturated heterocycles. The number of nitrogens with zero attached hydrogens (tertiary/aromatic N) is 2. The summed E-state index contributed by atoms with van der Waals surface area (Å²) >= 11 is 3.93. The molecule has 0 unspecified atom stereocenters. The maximum absolute atomic E-state index is 11.2. The lowest BCUT2D eigenvalue weighted by Crippen LogP contribution is -2.29. The SMILES string of the molecule is CN(CCc1ccncc1)C(=O)CS. The van der Waals surface area contributed by atoms with Crippen LogP contribution in [0, 0.1) is 0 Å². The molecule has 14 heavy (non-hydrogen) atoms. The smallest absolute Gasteiger partial charge is 0.232 e. The summed E-state index contributed by atoms with van der Waals surface area (Å²) in [6.07, 6.45) is 4.38. The number of carbonyl (C=O) groups is 1. The van der Waals surface area contributed by atoms with Crippen LogP contribution < -0.4 is 0 Å². The highest BCUT2D eigenvalue weighted by Gasteiger charge is 2.05. The van der Waals surface area contributed by atoms with Crippen molar-refractivity contribution in [1.82, 2.24) is 9.88 Å². The van der Waals surface area contributed by atoms with Gasteiger partial charge >= 0.3 is 0 Å². The van der Waals surface area contributed by atoms with E-state index in [0.29, 0.717) is 0 Å². The summed E-state index contributed by atoms with van der Waals surface area (Å²) in [6, 6.07) is 3.91. The maximum atomic E-state index is 11.2. The second-order valence-corrected chi connectivity index (χ2v) is 3.40. The first-order valence-corrected chi connectivity index (χ1v) is 5.11. The van der Waals surface area contributed by atoms with E-state index < -0.39 is 0 Å². The zero-order valence-corrected chi connectivity index (χ0v) is 9.08. The molecular formula is C10H14N2OS. The van der Waals surface area contributed by atoms with E-state index in [0.717, 1.165) is 13.0 Å². The van der Waals surface area contributed by atoms with Gasteiger partial charge in [0.05, 0.1) is 5.75 Å². The number of pyridine rings is 1. The van der Waals surface area contributed by atoms with E-state index >= 15 is 0 Å². The molecule has 3 nitrogen and oxygen atoms in total. The number of aromatic nitrogens is 1. The Balaban J connectivity index is 2.38. The van der Waals surface area contributed by atoms with Crippen LogP contribution in [0.1, 0.15) is 5.56 Å². The van der Waals surface area contributed by atoms with E-state index in [9.17, 15) is 4.79 Å². The van der Waals surface area contributed by atoms with Crippen LogP contribution in [0.25, 0.3) is 0 Å². The molecule has 1 aromatic heterocycles. The molecule has 4 heteroatoms. The predicted octanol–water partition coefficient (Wildman–Crippen LogP) is 1.01. The Hall–Kier alpha value is -1.03. The Labute approximate surface area is 89.6 Å². The number of carbonyl (C=O) groups excluding carboxylic acids is 1. The van der Waals surface area contributed by atoms with E-state index in [1.807, 2.05) is 12.1 Å². The molecule has 1 amide bonds. The van der Waals surface area contributed by atoms with Gasteiger partial charge in [0.25, 0.3) is 0 Å². The number of hydrogen-bond acceptors (Lipinski definition) is 3. The molecule has 0 spiro atoms. The highest BCUT2D eigenvalue weighted by molar-refractivity contribution is 7.81. The molecule has 0 aliphatic rings. The maximum Gasteiger partial charge on any atom is 0.232 e. The minimum atomic E-state index is 0.0578. The third-order valence-electron chi connectivity index (χ3n) is 2.05. The molecular weight excluding hydrogens is 196 g/mol. The zero-order valence-electron chi connectivity index (χ0n) is 8.18. The van der Waals surface area contributed by atoms with Crippen LogP contribution in [-0.2, 0) is 11.2 Å². The molecule has 0 fully saturated rings. The number of thiol groups is 1. The van der Waals surface area contributed by atoms with E-state index in [4.69, 9.17) is 0 Å². The normalized spacial score (nSPS) is 9.86. The average molecular weight is 210 g/mol. The number of hydrogen-bond donors (Lipinski definition) is 1. The summed E-state index contributed by atoms with van der Waals surface area (Å²) in [5.74, 6) is 0.328. The molecule has 0 saturated carbocycles. The summed E-state index contributed by atoms with van der Waals surface area (Å²) < 4.78 is 0. The molecule has 1 heterocycles. The Bertz CT molecular complexity index is 289. The van der Waals surface area contributed by atoms with E-state index in [-0.39, 0.29) is 11.7 Å². The van der Waals surface area contributed by atoms with Crippen LogP contribution in [0.2, 0.25) is 0 Å². The lowest BCUT2D eigenvalue weighted by atomic mass is 10.2. The Morgan fingerprint density at radius 2 is 2.14 bits per heavy atom. The first-order chi connectivity index (χ1) is 6.74. The molecule has 76 valence electrons. The van der Waals surface area contributed by atoms with Gasteiger partial charge in [-0.15, -0.1) is 0 Å². The fraction of sp³-hybridized carbons (Fsp3) is 0.400. The average Bonchev–Trinajstić information content (AvgIpc) is 2.26. The number of rotatable bonds is 4. The molecule has 1 rings (SSSR count). The van der Waals surface area contributed by atoms with Gasteiger partial charge in [-0.25, -0.2) is 0 Å². The van der Waals surface area contributed by atoms with Gasteiger partial charge in [0.2, 0.25) is 5.91 Å². The molecule has 0 aliphatic carbocycles. The van der Waals surface area contributed by atoms with Gasteiger partial charge in [-0.05, 0) is 24.1 Å². The molecule has 0 atom stereocenters. The van der Waals surface area contributed by atoms with Crippen molar-refractivity contribution in [3.05, 3.63) is 30.1 Å². The summed E-state index contributed by atoms with van der Waals surface area (Å²) in [7, 11) is 1.79. The Morgan fingerprint density at radius 3 is 2.71 bits per heavy atom. The summed E-state index contributed by atoms with van der Waals surface area (Å²) in [5.41, 5.74) is 1.19. The van der Waals surface area contributed by atoms with Crippen LogP contribution in [0.4, 0.5) is 0 Å². The van der Waals surface area contributed by atoms with Crippen LogP contribution in [0.5, 0.6) is 0 Å². The van der Waals surface area contributed by atoms with Gasteiger partial charge in [-0.3, -0.25) is 9.78 Å². The minimum absolute atomic E-state index is 0.0578. The molecule has 0 aliphatic heterocycles. The van der Waals surface area contributed by atoms with E-state index in [1.165, 1.54) is 5.56 Å². The third-order valence-corrected chi connectivity index (χ3v) is 2.32. The molecule has 1 aromatic rings. The molecule has 0 radical (unpaired) electrons. The van der Waals surface area contributed by atoms with Crippen molar-refractivity contribution in [3.63, 3.8) is 0 Å². The number of amides is 1.